The molecule has 0 unspecified atom stereocenters. The van der Waals surface area contributed by atoms with Crippen molar-refractivity contribution in [3.63, 3.8) is 0 Å². The average molecular weight is 353 g/mol. The van der Waals surface area contributed by atoms with Crippen LogP contribution in [0.25, 0.3) is 11.4 Å². The summed E-state index contributed by atoms with van der Waals surface area (Å²) in [5, 5.41) is 13.6. The first-order valence-electron chi connectivity index (χ1n) is 9.12. The van der Waals surface area contributed by atoms with Crippen molar-refractivity contribution in [1.29, 1.82) is 0 Å². The Labute approximate surface area is 152 Å². The van der Waals surface area contributed by atoms with E-state index < -0.39 is 0 Å². The molecule has 3 heterocycles. The minimum absolute atomic E-state index is 0.0154. The number of aromatic nitrogens is 3. The lowest BCUT2D eigenvalue weighted by Gasteiger charge is -2.29. The van der Waals surface area contributed by atoms with Crippen molar-refractivity contribution in [3.8, 4) is 11.4 Å². The standard InChI is InChI=1S/C19H23N5O2/c1-12(25)24-9-7-14-16(11-24)22-18(13-4-3-8-20-10-13)23-19(14)21-15-5-2-6-17(15)26/h3-4,8,10,15,17,26H,2,5-7,9,11H2,1H3,(H,21,22,23)/t15-,17+/m0/s1. The van der Waals surface area contributed by atoms with Gasteiger partial charge in [-0.15, -0.1) is 0 Å². The maximum atomic E-state index is 11.8. The Morgan fingerprint density at radius 2 is 2.23 bits per heavy atom. The van der Waals surface area contributed by atoms with Gasteiger partial charge in [-0.1, -0.05) is 0 Å². The van der Waals surface area contributed by atoms with Crippen LogP contribution in [0.5, 0.6) is 0 Å². The predicted molar refractivity (Wildman–Crippen MR) is 97.3 cm³/mol. The van der Waals surface area contributed by atoms with Gasteiger partial charge in [0.25, 0.3) is 0 Å². The Morgan fingerprint density at radius 1 is 1.35 bits per heavy atom. The van der Waals surface area contributed by atoms with Gasteiger partial charge in [-0.05, 0) is 37.8 Å². The second-order valence-electron chi connectivity index (χ2n) is 7.00. The number of aliphatic hydroxyl groups excluding tert-OH is 1. The number of anilines is 1. The molecule has 26 heavy (non-hydrogen) atoms. The molecule has 0 radical (unpaired) electrons. The van der Waals surface area contributed by atoms with E-state index in [2.05, 4.69) is 10.3 Å². The van der Waals surface area contributed by atoms with E-state index in [1.54, 1.807) is 24.2 Å². The van der Waals surface area contributed by atoms with Crippen molar-refractivity contribution in [2.24, 2.45) is 0 Å². The van der Waals surface area contributed by atoms with Gasteiger partial charge in [-0.25, -0.2) is 9.97 Å². The summed E-state index contributed by atoms with van der Waals surface area (Å²) in [6, 6.07) is 3.80. The van der Waals surface area contributed by atoms with Gasteiger partial charge in [0.1, 0.15) is 5.82 Å². The van der Waals surface area contributed by atoms with Crippen LogP contribution in [-0.2, 0) is 17.8 Å². The molecule has 0 spiro atoms. The molecule has 0 saturated heterocycles. The highest BCUT2D eigenvalue weighted by atomic mass is 16.3. The first-order chi connectivity index (χ1) is 12.6. The Balaban J connectivity index is 1.74. The number of aliphatic hydroxyl groups is 1. The number of pyridine rings is 1. The quantitative estimate of drug-likeness (QED) is 0.874. The van der Waals surface area contributed by atoms with Crippen molar-refractivity contribution in [1.82, 2.24) is 19.9 Å². The van der Waals surface area contributed by atoms with Crippen molar-refractivity contribution >= 4 is 11.7 Å². The van der Waals surface area contributed by atoms with Gasteiger partial charge in [0, 0.05) is 37.0 Å². The zero-order valence-corrected chi connectivity index (χ0v) is 14.9. The molecular weight excluding hydrogens is 330 g/mol. The number of carbonyl (C=O) groups is 1. The molecule has 2 aliphatic rings. The number of hydrogen-bond donors (Lipinski definition) is 2. The molecule has 1 aliphatic carbocycles. The lowest BCUT2D eigenvalue weighted by atomic mass is 10.0. The molecule has 7 heteroatoms. The van der Waals surface area contributed by atoms with E-state index in [1.807, 2.05) is 12.1 Å². The van der Waals surface area contributed by atoms with E-state index in [1.165, 1.54) is 0 Å². The van der Waals surface area contributed by atoms with Gasteiger partial charge in [-0.3, -0.25) is 9.78 Å². The Kier molecular flexibility index (Phi) is 4.55. The summed E-state index contributed by atoms with van der Waals surface area (Å²) in [7, 11) is 0. The van der Waals surface area contributed by atoms with E-state index in [-0.39, 0.29) is 18.1 Å². The third kappa shape index (κ3) is 3.26. The molecule has 2 aromatic rings. The third-order valence-corrected chi connectivity index (χ3v) is 5.23. The number of rotatable bonds is 3. The number of nitrogens with one attached hydrogen (secondary N) is 1. The van der Waals surface area contributed by atoms with Gasteiger partial charge in [0.15, 0.2) is 5.82 Å². The maximum Gasteiger partial charge on any atom is 0.219 e. The summed E-state index contributed by atoms with van der Waals surface area (Å²) < 4.78 is 0. The summed E-state index contributed by atoms with van der Waals surface area (Å²) in [6.07, 6.45) is 6.59. The molecule has 1 aliphatic heterocycles. The van der Waals surface area contributed by atoms with Crippen LogP contribution in [0.4, 0.5) is 5.82 Å². The van der Waals surface area contributed by atoms with Crippen LogP contribution < -0.4 is 5.32 Å². The molecular formula is C19H23N5O2. The van der Waals surface area contributed by atoms with E-state index in [4.69, 9.17) is 9.97 Å². The zero-order valence-electron chi connectivity index (χ0n) is 14.9. The number of nitrogens with zero attached hydrogens (tertiary/aromatic N) is 4. The second-order valence-corrected chi connectivity index (χ2v) is 7.00. The van der Waals surface area contributed by atoms with E-state index in [0.717, 1.165) is 41.9 Å². The van der Waals surface area contributed by atoms with Crippen molar-refractivity contribution in [2.75, 3.05) is 11.9 Å². The topological polar surface area (TPSA) is 91.2 Å². The van der Waals surface area contributed by atoms with Crippen LogP contribution in [0.15, 0.2) is 24.5 Å². The molecule has 136 valence electrons. The molecule has 0 bridgehead atoms. The number of fused-ring (bicyclic) bond motifs is 1. The van der Waals surface area contributed by atoms with Gasteiger partial charge in [0.2, 0.25) is 5.91 Å². The minimum atomic E-state index is -0.347. The maximum absolute atomic E-state index is 11.8. The molecule has 0 aromatic carbocycles. The fourth-order valence-corrected chi connectivity index (χ4v) is 3.73. The van der Waals surface area contributed by atoms with Gasteiger partial charge < -0.3 is 15.3 Å². The van der Waals surface area contributed by atoms with Crippen LogP contribution in [0, 0.1) is 0 Å². The minimum Gasteiger partial charge on any atom is -0.391 e. The summed E-state index contributed by atoms with van der Waals surface area (Å²) in [4.78, 5) is 27.2. The van der Waals surface area contributed by atoms with Gasteiger partial charge in [0.05, 0.1) is 24.4 Å². The lowest BCUT2D eigenvalue weighted by molar-refractivity contribution is -0.129. The van der Waals surface area contributed by atoms with Crippen LogP contribution in [0.1, 0.15) is 37.4 Å². The molecule has 4 rings (SSSR count). The van der Waals surface area contributed by atoms with Crippen molar-refractivity contribution in [3.05, 3.63) is 35.8 Å². The molecule has 7 nitrogen and oxygen atoms in total. The second kappa shape index (κ2) is 6.99. The molecule has 1 fully saturated rings. The molecule has 2 N–H and O–H groups in total. The Morgan fingerprint density at radius 3 is 2.92 bits per heavy atom. The highest BCUT2D eigenvalue weighted by Crippen LogP contribution is 2.30. The van der Waals surface area contributed by atoms with E-state index >= 15 is 0 Å². The number of carbonyl (C=O) groups excluding carboxylic acids is 1. The number of hydrogen-bond acceptors (Lipinski definition) is 6. The smallest absolute Gasteiger partial charge is 0.219 e. The zero-order chi connectivity index (χ0) is 18.1. The summed E-state index contributed by atoms with van der Waals surface area (Å²) >= 11 is 0. The SMILES string of the molecule is CC(=O)N1CCc2c(nc(-c3cccnc3)nc2N[C@H]2CCC[C@H]2O)C1. The summed E-state index contributed by atoms with van der Waals surface area (Å²) in [6.45, 7) is 2.74. The van der Waals surface area contributed by atoms with E-state index in [0.29, 0.717) is 25.3 Å². The highest BCUT2D eigenvalue weighted by molar-refractivity contribution is 5.74. The Bertz CT molecular complexity index is 811. The largest absolute Gasteiger partial charge is 0.391 e. The molecule has 2 atom stereocenters. The van der Waals surface area contributed by atoms with Crippen molar-refractivity contribution < 1.29 is 9.90 Å². The normalized spacial score (nSPS) is 22.2. The van der Waals surface area contributed by atoms with Gasteiger partial charge >= 0.3 is 0 Å². The predicted octanol–water partition coefficient (Wildman–Crippen LogP) is 1.77. The van der Waals surface area contributed by atoms with E-state index in [9.17, 15) is 9.90 Å². The fraction of sp³-hybridized carbons (Fsp3) is 0.474. The van der Waals surface area contributed by atoms with Crippen LogP contribution >= 0.6 is 0 Å². The summed E-state index contributed by atoms with van der Waals surface area (Å²) in [5.74, 6) is 1.43. The molecule has 1 saturated carbocycles. The third-order valence-electron chi connectivity index (χ3n) is 5.23. The van der Waals surface area contributed by atoms with Crippen LogP contribution in [0.3, 0.4) is 0 Å². The van der Waals surface area contributed by atoms with Crippen LogP contribution in [0.2, 0.25) is 0 Å². The monoisotopic (exact) mass is 353 g/mol. The Hall–Kier alpha value is -2.54. The average Bonchev–Trinajstić information content (AvgIpc) is 3.06. The molecule has 1 amide bonds. The first kappa shape index (κ1) is 16.9. The van der Waals surface area contributed by atoms with Gasteiger partial charge in [-0.2, -0.15) is 0 Å². The fourth-order valence-electron chi connectivity index (χ4n) is 3.73. The first-order valence-corrected chi connectivity index (χ1v) is 9.12. The van der Waals surface area contributed by atoms with Crippen LogP contribution in [-0.4, -0.2) is 49.6 Å². The summed E-state index contributed by atoms with van der Waals surface area (Å²) in [5.41, 5.74) is 2.76. The number of amides is 1. The molecule has 2 aromatic heterocycles. The lowest BCUT2D eigenvalue weighted by Crippen LogP contribution is -2.36. The highest BCUT2D eigenvalue weighted by Gasteiger charge is 2.29. The van der Waals surface area contributed by atoms with Crippen molar-refractivity contribution in [2.45, 2.75) is 51.3 Å².